The summed E-state index contributed by atoms with van der Waals surface area (Å²) in [7, 11) is 0. The van der Waals surface area contributed by atoms with Gasteiger partial charge in [0, 0.05) is 22.0 Å². The van der Waals surface area contributed by atoms with Crippen LogP contribution in [0, 0.1) is 5.92 Å². The fraction of sp³-hybridized carbons (Fsp3) is 0.444. The van der Waals surface area contributed by atoms with Crippen LogP contribution < -0.4 is 5.32 Å². The number of benzene rings is 1. The van der Waals surface area contributed by atoms with Gasteiger partial charge >= 0.3 is 0 Å². The lowest BCUT2D eigenvalue weighted by atomic mass is 9.79. The minimum atomic E-state index is 0.00561. The second-order valence-electron chi connectivity index (χ2n) is 6.66. The molecule has 2 aromatic rings. The maximum absolute atomic E-state index is 12.7. The van der Waals surface area contributed by atoms with Gasteiger partial charge in [-0.05, 0) is 63.0 Å². The van der Waals surface area contributed by atoms with Crippen LogP contribution in [0.4, 0.5) is 0 Å². The van der Waals surface area contributed by atoms with E-state index in [1.54, 1.807) is 18.0 Å². The van der Waals surface area contributed by atoms with Gasteiger partial charge in [-0.15, -0.1) is 11.3 Å². The van der Waals surface area contributed by atoms with E-state index in [0.717, 1.165) is 14.3 Å². The predicted octanol–water partition coefficient (Wildman–Crippen LogP) is 4.16. The molecule has 1 aromatic heterocycles. The largest absolute Gasteiger partial charge is 0.347 e. The summed E-state index contributed by atoms with van der Waals surface area (Å²) in [6.07, 6.45) is 4.07. The van der Waals surface area contributed by atoms with Crippen molar-refractivity contribution in [1.29, 1.82) is 0 Å². The molecule has 4 nitrogen and oxygen atoms in total. The maximum atomic E-state index is 12.7. The molecule has 132 valence electrons. The Balaban J connectivity index is 1.41. The van der Waals surface area contributed by atoms with E-state index in [0.29, 0.717) is 16.8 Å². The number of hydrogen-bond donors (Lipinski definition) is 1. The first kappa shape index (κ1) is 17.3. The van der Waals surface area contributed by atoms with E-state index in [2.05, 4.69) is 22.1 Å². The first-order valence-corrected chi connectivity index (χ1v) is 10.6. The van der Waals surface area contributed by atoms with Gasteiger partial charge in [0.05, 0.1) is 6.20 Å². The highest BCUT2D eigenvalue weighted by atomic mass is 35.5. The third-order valence-corrected chi connectivity index (χ3v) is 7.53. The van der Waals surface area contributed by atoms with Crippen molar-refractivity contribution in [2.24, 2.45) is 5.92 Å². The third kappa shape index (κ3) is 3.72. The average molecular weight is 394 g/mol. The van der Waals surface area contributed by atoms with Crippen molar-refractivity contribution >= 4 is 40.6 Å². The molecule has 7 heteroatoms. The summed E-state index contributed by atoms with van der Waals surface area (Å²) in [4.78, 5) is 21.3. The zero-order valence-electron chi connectivity index (χ0n) is 13.9. The minimum absolute atomic E-state index is 0.00561. The van der Waals surface area contributed by atoms with Gasteiger partial charge in [-0.2, -0.15) is 0 Å². The van der Waals surface area contributed by atoms with Gasteiger partial charge < -0.3 is 5.32 Å². The summed E-state index contributed by atoms with van der Waals surface area (Å²) in [5, 5.41) is 3.98. The van der Waals surface area contributed by atoms with Gasteiger partial charge in [0.15, 0.2) is 4.34 Å². The molecule has 2 atom stereocenters. The molecular weight excluding hydrogens is 374 g/mol. The summed E-state index contributed by atoms with van der Waals surface area (Å²) in [5.41, 5.74) is 0. The van der Waals surface area contributed by atoms with Gasteiger partial charge in [-0.3, -0.25) is 9.69 Å². The number of piperidine rings is 3. The predicted molar refractivity (Wildman–Crippen MR) is 103 cm³/mol. The minimum Gasteiger partial charge on any atom is -0.347 e. The number of fused-ring (bicyclic) bond motifs is 3. The number of carbonyl (C=O) groups is 1. The molecule has 0 spiro atoms. The van der Waals surface area contributed by atoms with E-state index in [-0.39, 0.29) is 11.9 Å². The highest BCUT2D eigenvalue weighted by Crippen LogP contribution is 2.34. The molecule has 2 unspecified atom stereocenters. The molecule has 1 N–H and O–H groups in total. The number of thiazole rings is 1. The molecule has 3 saturated heterocycles. The van der Waals surface area contributed by atoms with Crippen molar-refractivity contribution in [3.8, 4) is 0 Å². The molecule has 5 rings (SSSR count). The van der Waals surface area contributed by atoms with Crippen LogP contribution in [0.25, 0.3) is 0 Å². The van der Waals surface area contributed by atoms with Crippen molar-refractivity contribution in [3.63, 3.8) is 0 Å². The number of rotatable bonds is 4. The molecule has 0 radical (unpaired) electrons. The van der Waals surface area contributed by atoms with Crippen molar-refractivity contribution in [1.82, 2.24) is 15.2 Å². The van der Waals surface area contributed by atoms with Crippen molar-refractivity contribution in [2.75, 3.05) is 13.1 Å². The van der Waals surface area contributed by atoms with Gasteiger partial charge in [-0.1, -0.05) is 23.4 Å². The summed E-state index contributed by atoms with van der Waals surface area (Å²) in [5.74, 6) is 0.617. The molecule has 2 bridgehead atoms. The molecule has 3 aliphatic rings. The molecular formula is C18H20ClN3OS2. The normalized spacial score (nSPS) is 28.1. The number of hydrogen-bond acceptors (Lipinski definition) is 5. The van der Waals surface area contributed by atoms with Gasteiger partial charge in [0.1, 0.15) is 4.88 Å². The summed E-state index contributed by atoms with van der Waals surface area (Å²) >= 11 is 8.91. The maximum Gasteiger partial charge on any atom is 0.263 e. The van der Waals surface area contributed by atoms with Gasteiger partial charge in [-0.25, -0.2) is 4.98 Å². The Morgan fingerprint density at radius 1 is 1.32 bits per heavy atom. The summed E-state index contributed by atoms with van der Waals surface area (Å²) < 4.78 is 0.870. The number of nitrogens with zero attached hydrogens (tertiary/aromatic N) is 2. The lowest BCUT2D eigenvalue weighted by Gasteiger charge is -2.49. The summed E-state index contributed by atoms with van der Waals surface area (Å²) in [6.45, 7) is 4.56. The standard InChI is InChI=1S/C18H20ClN3OS2/c1-11-16(12-6-8-22(11)9-7-12)21-17(23)15-10-20-18(25-15)24-14-4-2-13(19)3-5-14/h2-5,10-12,16H,6-9H2,1H3,(H,21,23). The number of nitrogens with one attached hydrogen (secondary N) is 1. The number of amides is 1. The van der Waals surface area contributed by atoms with Crippen molar-refractivity contribution in [2.45, 2.75) is 41.1 Å². The van der Waals surface area contributed by atoms with Crippen LogP contribution in [0.5, 0.6) is 0 Å². The van der Waals surface area contributed by atoms with Gasteiger partial charge in [0.25, 0.3) is 5.91 Å². The van der Waals surface area contributed by atoms with Crippen LogP contribution in [0.1, 0.15) is 29.4 Å². The molecule has 1 amide bonds. The van der Waals surface area contributed by atoms with E-state index in [1.165, 1.54) is 37.3 Å². The molecule has 3 aliphatic heterocycles. The van der Waals surface area contributed by atoms with E-state index >= 15 is 0 Å². The molecule has 1 aromatic carbocycles. The second kappa shape index (κ2) is 7.27. The molecule has 0 aliphatic carbocycles. The van der Waals surface area contributed by atoms with Crippen LogP contribution in [-0.2, 0) is 0 Å². The molecule has 4 heterocycles. The number of carbonyl (C=O) groups excluding carboxylic acids is 1. The van der Waals surface area contributed by atoms with Crippen LogP contribution >= 0.6 is 34.7 Å². The Morgan fingerprint density at radius 3 is 2.72 bits per heavy atom. The van der Waals surface area contributed by atoms with Crippen molar-refractivity contribution < 1.29 is 4.79 Å². The molecule has 3 fully saturated rings. The third-order valence-electron chi connectivity index (χ3n) is 5.20. The van der Waals surface area contributed by atoms with E-state index in [9.17, 15) is 4.79 Å². The zero-order valence-corrected chi connectivity index (χ0v) is 16.3. The zero-order chi connectivity index (χ0) is 17.4. The Kier molecular flexibility index (Phi) is 5.04. The summed E-state index contributed by atoms with van der Waals surface area (Å²) in [6, 6.07) is 8.32. The first-order valence-electron chi connectivity index (χ1n) is 8.54. The van der Waals surface area contributed by atoms with E-state index in [1.807, 2.05) is 24.3 Å². The first-order chi connectivity index (χ1) is 12.1. The second-order valence-corrected chi connectivity index (χ2v) is 9.45. The Labute approximate surface area is 161 Å². The smallest absolute Gasteiger partial charge is 0.263 e. The van der Waals surface area contributed by atoms with E-state index < -0.39 is 0 Å². The van der Waals surface area contributed by atoms with Crippen LogP contribution in [-0.4, -0.2) is 41.0 Å². The highest BCUT2D eigenvalue weighted by molar-refractivity contribution is 8.01. The molecule has 0 saturated carbocycles. The fourth-order valence-electron chi connectivity index (χ4n) is 3.78. The fourth-order valence-corrected chi connectivity index (χ4v) is 5.76. The SMILES string of the molecule is CC1C(NC(=O)c2cnc(Sc3ccc(Cl)cc3)s2)C2CCN1CC2. The number of halogens is 1. The Morgan fingerprint density at radius 2 is 2.04 bits per heavy atom. The lowest BCUT2D eigenvalue weighted by molar-refractivity contribution is 0.0218. The van der Waals surface area contributed by atoms with E-state index in [4.69, 9.17) is 11.6 Å². The highest BCUT2D eigenvalue weighted by Gasteiger charge is 2.40. The number of aromatic nitrogens is 1. The quantitative estimate of drug-likeness (QED) is 0.847. The van der Waals surface area contributed by atoms with Gasteiger partial charge in [0.2, 0.25) is 0 Å². The van der Waals surface area contributed by atoms with Crippen molar-refractivity contribution in [3.05, 3.63) is 40.4 Å². The monoisotopic (exact) mass is 393 g/mol. The topological polar surface area (TPSA) is 45.2 Å². The van der Waals surface area contributed by atoms with Crippen LogP contribution in [0.2, 0.25) is 5.02 Å². The Hall–Kier alpha value is -1.08. The Bertz CT molecular complexity index is 754. The van der Waals surface area contributed by atoms with Crippen LogP contribution in [0.15, 0.2) is 39.7 Å². The van der Waals surface area contributed by atoms with Crippen LogP contribution in [0.3, 0.4) is 0 Å². The average Bonchev–Trinajstić information content (AvgIpc) is 3.09. The molecule has 25 heavy (non-hydrogen) atoms. The lowest BCUT2D eigenvalue weighted by Crippen LogP contribution is -2.62.